The fourth-order valence-corrected chi connectivity index (χ4v) is 2.82. The molecule has 2 rings (SSSR count). The lowest BCUT2D eigenvalue weighted by Gasteiger charge is -2.14. The highest BCUT2D eigenvalue weighted by molar-refractivity contribution is 8.18. The van der Waals surface area contributed by atoms with Gasteiger partial charge >= 0.3 is 0 Å². The molecule has 1 aromatic rings. The Hall–Kier alpha value is -2.19. The third-order valence-corrected chi connectivity index (χ3v) is 4.16. The van der Waals surface area contributed by atoms with Crippen LogP contribution in [0.1, 0.15) is 5.56 Å². The molecule has 1 aromatic carbocycles. The molecule has 1 saturated heterocycles. The third kappa shape index (κ3) is 4.65. The summed E-state index contributed by atoms with van der Waals surface area (Å²) in [6.07, 6.45) is 1.32. The highest BCUT2D eigenvalue weighted by Crippen LogP contribution is 2.32. The first-order valence-electron chi connectivity index (χ1n) is 7.30. The van der Waals surface area contributed by atoms with E-state index in [4.69, 9.17) is 0 Å². The van der Waals surface area contributed by atoms with Gasteiger partial charge in [-0.25, -0.2) is 4.39 Å². The van der Waals surface area contributed by atoms with Crippen LogP contribution in [0.2, 0.25) is 0 Å². The molecule has 1 aliphatic heterocycles. The van der Waals surface area contributed by atoms with Crippen molar-refractivity contribution < 1.29 is 18.8 Å². The van der Waals surface area contributed by atoms with Crippen molar-refractivity contribution in [2.45, 2.75) is 0 Å². The number of benzene rings is 1. The van der Waals surface area contributed by atoms with Crippen molar-refractivity contribution in [2.24, 2.45) is 0 Å². The number of hydrogen-bond donors (Lipinski definition) is 1. The molecule has 24 heavy (non-hydrogen) atoms. The maximum Gasteiger partial charge on any atom is 0.294 e. The van der Waals surface area contributed by atoms with E-state index in [0.29, 0.717) is 24.9 Å². The molecule has 1 N–H and O–H groups in total. The van der Waals surface area contributed by atoms with Crippen LogP contribution in [0.25, 0.3) is 6.08 Å². The molecule has 0 aromatic heterocycles. The topological polar surface area (TPSA) is 69.7 Å². The third-order valence-electron chi connectivity index (χ3n) is 3.25. The van der Waals surface area contributed by atoms with Crippen molar-refractivity contribution in [1.29, 1.82) is 0 Å². The Morgan fingerprint density at radius 1 is 1.33 bits per heavy atom. The van der Waals surface area contributed by atoms with Crippen molar-refractivity contribution in [3.05, 3.63) is 40.6 Å². The lowest BCUT2D eigenvalue weighted by molar-refractivity contribution is -0.129. The Morgan fingerprint density at radius 3 is 2.71 bits per heavy atom. The summed E-state index contributed by atoms with van der Waals surface area (Å²) in [5, 5.41) is 2.10. The number of amides is 3. The zero-order valence-corrected chi connectivity index (χ0v) is 14.2. The Kier molecular flexibility index (Phi) is 6.10. The minimum absolute atomic E-state index is 0.103. The maximum atomic E-state index is 13.6. The van der Waals surface area contributed by atoms with Gasteiger partial charge in [-0.2, -0.15) is 0 Å². The molecule has 6 nitrogen and oxygen atoms in total. The van der Waals surface area contributed by atoms with Gasteiger partial charge in [-0.3, -0.25) is 19.3 Å². The van der Waals surface area contributed by atoms with Crippen LogP contribution in [-0.4, -0.2) is 60.6 Å². The molecule has 3 amide bonds. The van der Waals surface area contributed by atoms with Crippen molar-refractivity contribution >= 4 is 34.9 Å². The van der Waals surface area contributed by atoms with E-state index in [1.807, 2.05) is 19.0 Å². The first-order valence-corrected chi connectivity index (χ1v) is 8.11. The first kappa shape index (κ1) is 18.2. The van der Waals surface area contributed by atoms with E-state index in [1.165, 1.54) is 24.3 Å². The molecule has 8 heteroatoms. The Bertz CT molecular complexity index is 691. The predicted octanol–water partition coefficient (Wildman–Crippen LogP) is 1.54. The standard InChI is InChI=1S/C16H18FN3O3S/c1-19(2)8-7-18-14(21)10-20-15(22)13(24-16(20)23)9-11-5-3-4-6-12(11)17/h3-6,9H,7-8,10H2,1-2H3,(H,18,21)/b13-9-. The van der Waals surface area contributed by atoms with Crippen LogP contribution in [-0.2, 0) is 9.59 Å². The van der Waals surface area contributed by atoms with Gasteiger partial charge in [0.05, 0.1) is 4.91 Å². The average Bonchev–Trinajstić information content (AvgIpc) is 2.77. The number of imide groups is 1. The Balaban J connectivity index is 2.01. The number of nitrogens with one attached hydrogen (secondary N) is 1. The summed E-state index contributed by atoms with van der Waals surface area (Å²) >= 11 is 0.700. The molecule has 0 atom stereocenters. The molecule has 0 saturated carbocycles. The van der Waals surface area contributed by atoms with Crippen molar-refractivity contribution in [3.63, 3.8) is 0 Å². The Labute approximate surface area is 143 Å². The second-order valence-corrected chi connectivity index (χ2v) is 6.44. The van der Waals surface area contributed by atoms with E-state index in [2.05, 4.69) is 5.32 Å². The number of halogens is 1. The van der Waals surface area contributed by atoms with E-state index in [1.54, 1.807) is 6.07 Å². The molecule has 0 spiro atoms. The fourth-order valence-electron chi connectivity index (χ4n) is 1.99. The SMILES string of the molecule is CN(C)CCNC(=O)CN1C(=O)S/C(=C\c2ccccc2F)C1=O. The zero-order valence-electron chi connectivity index (χ0n) is 13.4. The van der Waals surface area contributed by atoms with Crippen LogP contribution in [0.3, 0.4) is 0 Å². The smallest absolute Gasteiger partial charge is 0.294 e. The van der Waals surface area contributed by atoms with Crippen LogP contribution in [0.5, 0.6) is 0 Å². The number of nitrogens with zero attached hydrogens (tertiary/aromatic N) is 2. The number of hydrogen-bond acceptors (Lipinski definition) is 5. The molecule has 1 heterocycles. The highest BCUT2D eigenvalue weighted by Gasteiger charge is 2.36. The quantitative estimate of drug-likeness (QED) is 0.788. The summed E-state index contributed by atoms with van der Waals surface area (Å²) in [5.41, 5.74) is 0.221. The van der Waals surface area contributed by atoms with Crippen molar-refractivity contribution in [1.82, 2.24) is 15.1 Å². The van der Waals surface area contributed by atoms with E-state index in [0.717, 1.165) is 4.90 Å². The number of carbonyl (C=O) groups excluding carboxylic acids is 3. The van der Waals surface area contributed by atoms with Gasteiger partial charge in [-0.05, 0) is 38.0 Å². The van der Waals surface area contributed by atoms with Crippen molar-refractivity contribution in [3.8, 4) is 0 Å². The van der Waals surface area contributed by atoms with E-state index >= 15 is 0 Å². The summed E-state index contributed by atoms with van der Waals surface area (Å²) in [5.74, 6) is -1.48. The number of likely N-dealkylation sites (N-methyl/N-ethyl adjacent to an activating group) is 1. The van der Waals surface area contributed by atoms with Crippen LogP contribution in [0.4, 0.5) is 9.18 Å². The van der Waals surface area contributed by atoms with Crippen LogP contribution < -0.4 is 5.32 Å². The predicted molar refractivity (Wildman–Crippen MR) is 90.6 cm³/mol. The molecular weight excluding hydrogens is 333 g/mol. The second-order valence-electron chi connectivity index (χ2n) is 5.44. The van der Waals surface area contributed by atoms with E-state index in [-0.39, 0.29) is 17.0 Å². The maximum absolute atomic E-state index is 13.6. The lowest BCUT2D eigenvalue weighted by Crippen LogP contribution is -2.41. The summed E-state index contributed by atoms with van der Waals surface area (Å²) in [4.78, 5) is 38.9. The highest BCUT2D eigenvalue weighted by atomic mass is 32.2. The molecule has 0 bridgehead atoms. The van der Waals surface area contributed by atoms with Crippen molar-refractivity contribution in [2.75, 3.05) is 33.7 Å². The van der Waals surface area contributed by atoms with Crippen LogP contribution in [0.15, 0.2) is 29.2 Å². The van der Waals surface area contributed by atoms with Gasteiger partial charge in [0.1, 0.15) is 12.4 Å². The van der Waals surface area contributed by atoms with Crippen LogP contribution in [0, 0.1) is 5.82 Å². The fraction of sp³-hybridized carbons (Fsp3) is 0.312. The molecule has 128 valence electrons. The van der Waals surface area contributed by atoms with Gasteiger partial charge in [-0.1, -0.05) is 18.2 Å². The molecule has 0 unspecified atom stereocenters. The monoisotopic (exact) mass is 351 g/mol. The van der Waals surface area contributed by atoms with Gasteiger partial charge in [0.15, 0.2) is 0 Å². The molecule has 1 aliphatic rings. The van der Waals surface area contributed by atoms with E-state index < -0.39 is 22.9 Å². The van der Waals surface area contributed by atoms with E-state index in [9.17, 15) is 18.8 Å². The number of carbonyl (C=O) groups is 3. The molecular formula is C16H18FN3O3S. The van der Waals surface area contributed by atoms with Gasteiger partial charge in [0, 0.05) is 18.7 Å². The summed E-state index contributed by atoms with van der Waals surface area (Å²) in [6.45, 7) is 0.737. The summed E-state index contributed by atoms with van der Waals surface area (Å²) in [6, 6.07) is 5.96. The molecule has 0 aliphatic carbocycles. The first-order chi connectivity index (χ1) is 11.4. The normalized spacial score (nSPS) is 16.3. The molecule has 1 fully saturated rings. The minimum atomic E-state index is -0.587. The van der Waals surface area contributed by atoms with Crippen LogP contribution >= 0.6 is 11.8 Å². The molecule has 0 radical (unpaired) electrons. The lowest BCUT2D eigenvalue weighted by atomic mass is 10.2. The van der Waals surface area contributed by atoms with Gasteiger partial charge in [-0.15, -0.1) is 0 Å². The zero-order chi connectivity index (χ0) is 17.7. The number of rotatable bonds is 6. The summed E-state index contributed by atoms with van der Waals surface area (Å²) < 4.78 is 13.6. The van der Waals surface area contributed by atoms with Gasteiger partial charge in [0.2, 0.25) is 5.91 Å². The van der Waals surface area contributed by atoms with Gasteiger partial charge in [0.25, 0.3) is 11.1 Å². The minimum Gasteiger partial charge on any atom is -0.353 e. The average molecular weight is 351 g/mol. The van der Waals surface area contributed by atoms with Gasteiger partial charge < -0.3 is 10.2 Å². The number of thioether (sulfide) groups is 1. The summed E-state index contributed by atoms with van der Waals surface area (Å²) in [7, 11) is 3.74. The largest absolute Gasteiger partial charge is 0.353 e. The Morgan fingerprint density at radius 2 is 2.04 bits per heavy atom. The second kappa shape index (κ2) is 8.07.